The number of nitrogens with zero attached hydrogens (tertiary/aromatic N) is 2. The Labute approximate surface area is 184 Å². The van der Waals surface area contributed by atoms with E-state index < -0.39 is 0 Å². The van der Waals surface area contributed by atoms with E-state index in [4.69, 9.17) is 4.74 Å². The fraction of sp³-hybridized carbons (Fsp3) is 0.348. The van der Waals surface area contributed by atoms with Gasteiger partial charge in [0.15, 0.2) is 4.80 Å². The molecule has 5 nitrogen and oxygen atoms in total. The van der Waals surface area contributed by atoms with Gasteiger partial charge >= 0.3 is 5.97 Å². The predicted molar refractivity (Wildman–Crippen MR) is 123 cm³/mol. The summed E-state index contributed by atoms with van der Waals surface area (Å²) >= 11 is 3.15. The van der Waals surface area contributed by atoms with E-state index in [0.29, 0.717) is 22.2 Å². The van der Waals surface area contributed by atoms with Gasteiger partial charge in [-0.25, -0.2) is 0 Å². The number of ether oxygens (including phenoxy) is 1. The van der Waals surface area contributed by atoms with Crippen molar-refractivity contribution in [2.24, 2.45) is 4.99 Å². The summed E-state index contributed by atoms with van der Waals surface area (Å²) in [5, 5.41) is 0.475. The van der Waals surface area contributed by atoms with Crippen LogP contribution in [0.3, 0.4) is 0 Å². The summed E-state index contributed by atoms with van der Waals surface area (Å²) in [6, 6.07) is 11.6. The molecule has 0 saturated carbocycles. The molecule has 0 bridgehead atoms. The highest BCUT2D eigenvalue weighted by Crippen LogP contribution is 2.24. The number of hydrogen-bond acceptors (Lipinski definition) is 5. The van der Waals surface area contributed by atoms with Crippen LogP contribution in [0.5, 0.6) is 0 Å². The van der Waals surface area contributed by atoms with E-state index in [2.05, 4.69) is 24.9 Å². The zero-order valence-electron chi connectivity index (χ0n) is 17.9. The van der Waals surface area contributed by atoms with Gasteiger partial charge in [-0.2, -0.15) is 4.99 Å². The molecule has 3 rings (SSSR count). The summed E-state index contributed by atoms with van der Waals surface area (Å²) in [5.41, 5.74) is 3.68. The van der Waals surface area contributed by atoms with Crippen LogP contribution in [0.4, 0.5) is 0 Å². The van der Waals surface area contributed by atoms with Crippen molar-refractivity contribution in [2.45, 2.75) is 51.3 Å². The standard InChI is InChI=1S/C23H26N2O3S2/c1-6-28-21(26)13-25-19-11-15(4)16(5)12-20(19)30-23(25)24-22(27)17-7-9-18(10-8-17)29-14(2)3/h7-12,14H,6,13H2,1-5H3. The van der Waals surface area contributed by atoms with Gasteiger partial charge < -0.3 is 9.30 Å². The number of benzene rings is 2. The molecule has 3 aromatic rings. The van der Waals surface area contributed by atoms with Crippen LogP contribution in [0.15, 0.2) is 46.3 Å². The molecule has 0 unspecified atom stereocenters. The SMILES string of the molecule is CCOC(=O)Cn1c(=NC(=O)c2ccc(SC(C)C)cc2)sc2cc(C)c(C)cc21. The molecular weight excluding hydrogens is 416 g/mol. The largest absolute Gasteiger partial charge is 0.465 e. The van der Waals surface area contributed by atoms with Crippen LogP contribution in [-0.4, -0.2) is 28.3 Å². The Morgan fingerprint density at radius 2 is 1.80 bits per heavy atom. The third-order valence-corrected chi connectivity index (χ3v) is 6.62. The highest BCUT2D eigenvalue weighted by atomic mass is 32.2. The molecule has 0 atom stereocenters. The predicted octanol–water partition coefficient (Wildman–Crippen LogP) is 5.12. The van der Waals surface area contributed by atoms with Crippen LogP contribution >= 0.6 is 23.1 Å². The summed E-state index contributed by atoms with van der Waals surface area (Å²) in [7, 11) is 0. The first-order valence-corrected chi connectivity index (χ1v) is 11.6. The highest BCUT2D eigenvalue weighted by molar-refractivity contribution is 7.99. The van der Waals surface area contributed by atoms with Crippen molar-refractivity contribution in [3.63, 3.8) is 0 Å². The van der Waals surface area contributed by atoms with Gasteiger partial charge in [-0.1, -0.05) is 25.2 Å². The second kappa shape index (κ2) is 9.62. The zero-order chi connectivity index (χ0) is 21.8. The number of thiazole rings is 1. The maximum Gasteiger partial charge on any atom is 0.326 e. The molecule has 158 valence electrons. The molecule has 30 heavy (non-hydrogen) atoms. The van der Waals surface area contributed by atoms with Gasteiger partial charge in [0.1, 0.15) is 6.54 Å². The number of carbonyl (C=O) groups excluding carboxylic acids is 2. The van der Waals surface area contributed by atoms with Gasteiger partial charge in [0.05, 0.1) is 16.8 Å². The van der Waals surface area contributed by atoms with E-state index in [1.54, 1.807) is 35.4 Å². The number of hydrogen-bond donors (Lipinski definition) is 0. The number of rotatable bonds is 6. The van der Waals surface area contributed by atoms with Crippen molar-refractivity contribution in [3.8, 4) is 0 Å². The Morgan fingerprint density at radius 3 is 2.43 bits per heavy atom. The van der Waals surface area contributed by atoms with Gasteiger partial charge in [-0.3, -0.25) is 9.59 Å². The van der Waals surface area contributed by atoms with Crippen LogP contribution < -0.4 is 4.80 Å². The fourth-order valence-electron chi connectivity index (χ4n) is 3.00. The quantitative estimate of drug-likeness (QED) is 0.392. The van der Waals surface area contributed by atoms with E-state index in [1.807, 2.05) is 32.0 Å². The third kappa shape index (κ3) is 5.21. The van der Waals surface area contributed by atoms with Crippen LogP contribution in [0.1, 0.15) is 42.3 Å². The Bertz CT molecular complexity index is 1140. The Morgan fingerprint density at radius 1 is 1.13 bits per heavy atom. The van der Waals surface area contributed by atoms with E-state index in [1.165, 1.54) is 11.3 Å². The second-order valence-corrected chi connectivity index (χ2v) is 9.95. The first-order valence-electron chi connectivity index (χ1n) is 9.90. The highest BCUT2D eigenvalue weighted by Gasteiger charge is 2.14. The molecule has 1 amide bonds. The second-order valence-electron chi connectivity index (χ2n) is 7.29. The summed E-state index contributed by atoms with van der Waals surface area (Å²) < 4.78 is 7.88. The molecule has 0 aliphatic carbocycles. The number of aryl methyl sites for hydroxylation is 2. The normalized spacial score (nSPS) is 12.0. The lowest BCUT2D eigenvalue weighted by molar-refractivity contribution is -0.143. The molecule has 0 N–H and O–H groups in total. The molecule has 0 spiro atoms. The van der Waals surface area contributed by atoms with Crippen molar-refractivity contribution in [2.75, 3.05) is 6.61 Å². The Balaban J connectivity index is 2.03. The lowest BCUT2D eigenvalue weighted by Crippen LogP contribution is -2.23. The molecule has 7 heteroatoms. The lowest BCUT2D eigenvalue weighted by Gasteiger charge is -2.07. The minimum absolute atomic E-state index is 0.0203. The summed E-state index contributed by atoms with van der Waals surface area (Å²) in [4.78, 5) is 31.0. The number of esters is 1. The van der Waals surface area contributed by atoms with Crippen LogP contribution in [0, 0.1) is 13.8 Å². The zero-order valence-corrected chi connectivity index (χ0v) is 19.5. The first kappa shape index (κ1) is 22.3. The number of aromatic nitrogens is 1. The van der Waals surface area contributed by atoms with E-state index >= 15 is 0 Å². The molecule has 0 radical (unpaired) electrons. The van der Waals surface area contributed by atoms with Gasteiger partial charge in [-0.15, -0.1) is 11.8 Å². The number of carbonyl (C=O) groups is 2. The molecular formula is C23H26N2O3S2. The Kier molecular flexibility index (Phi) is 7.15. The topological polar surface area (TPSA) is 60.7 Å². The van der Waals surface area contributed by atoms with Crippen LogP contribution in [0.2, 0.25) is 0 Å². The lowest BCUT2D eigenvalue weighted by atomic mass is 10.1. The Hall–Kier alpha value is -2.38. The summed E-state index contributed by atoms with van der Waals surface area (Å²) in [6.45, 7) is 10.4. The van der Waals surface area contributed by atoms with Gasteiger partial charge in [0.2, 0.25) is 0 Å². The average Bonchev–Trinajstić information content (AvgIpc) is 2.98. The maximum atomic E-state index is 12.8. The molecule has 2 aromatic carbocycles. The van der Waals surface area contributed by atoms with Crippen LogP contribution in [0.25, 0.3) is 10.2 Å². The van der Waals surface area contributed by atoms with Crippen LogP contribution in [-0.2, 0) is 16.1 Å². The van der Waals surface area contributed by atoms with Crippen molar-refractivity contribution in [3.05, 3.63) is 57.9 Å². The van der Waals surface area contributed by atoms with Crippen molar-refractivity contribution in [1.29, 1.82) is 0 Å². The van der Waals surface area contributed by atoms with E-state index in [0.717, 1.165) is 26.2 Å². The molecule has 0 saturated heterocycles. The first-order chi connectivity index (χ1) is 14.3. The molecule has 0 aliphatic rings. The minimum Gasteiger partial charge on any atom is -0.465 e. The maximum absolute atomic E-state index is 12.8. The summed E-state index contributed by atoms with van der Waals surface area (Å²) in [6.07, 6.45) is 0. The molecule has 0 aliphatic heterocycles. The fourth-order valence-corrected chi connectivity index (χ4v) is 4.94. The molecule has 1 heterocycles. The smallest absolute Gasteiger partial charge is 0.326 e. The average molecular weight is 443 g/mol. The van der Waals surface area contributed by atoms with E-state index in [-0.39, 0.29) is 18.4 Å². The van der Waals surface area contributed by atoms with Gasteiger partial charge in [0.25, 0.3) is 5.91 Å². The van der Waals surface area contributed by atoms with Crippen molar-refractivity contribution in [1.82, 2.24) is 4.57 Å². The number of fused-ring (bicyclic) bond motifs is 1. The van der Waals surface area contributed by atoms with E-state index in [9.17, 15) is 9.59 Å². The van der Waals surface area contributed by atoms with Gasteiger partial charge in [0, 0.05) is 15.7 Å². The monoisotopic (exact) mass is 442 g/mol. The van der Waals surface area contributed by atoms with Crippen molar-refractivity contribution >= 4 is 45.2 Å². The third-order valence-electron chi connectivity index (χ3n) is 4.56. The number of thioether (sulfide) groups is 1. The molecule has 0 fully saturated rings. The molecule has 1 aromatic heterocycles. The summed E-state index contributed by atoms with van der Waals surface area (Å²) in [5.74, 6) is -0.673. The minimum atomic E-state index is -0.348. The van der Waals surface area contributed by atoms with Gasteiger partial charge in [-0.05, 0) is 68.3 Å². The number of amides is 1. The van der Waals surface area contributed by atoms with Crippen molar-refractivity contribution < 1.29 is 14.3 Å².